The third-order valence-corrected chi connectivity index (χ3v) is 10.8. The zero-order valence-corrected chi connectivity index (χ0v) is 16.4. The highest BCUT2D eigenvalue weighted by atomic mass is 28.4. The molecule has 0 amide bonds. The molecule has 0 radical (unpaired) electrons. The van der Waals surface area contributed by atoms with E-state index in [1.807, 2.05) is 0 Å². The SMILES string of the molecule is CCC/C=C1\CCN2CCC[C@H]2C[C@@H]1O[Si](CC)(CC)CC. The number of hydrogen-bond donors (Lipinski definition) is 0. The largest absolute Gasteiger partial charge is 0.410 e. The lowest BCUT2D eigenvalue weighted by Gasteiger charge is -2.35. The second kappa shape index (κ2) is 8.65. The summed E-state index contributed by atoms with van der Waals surface area (Å²) in [4.78, 5) is 2.73. The standard InChI is InChI=1S/C19H37NOSi/c1-5-9-11-17-13-15-20-14-10-12-18(20)16-19(17)21-22(6-2,7-3)8-4/h11,18-19H,5-10,12-16H2,1-4H3/b17-11+/t18-,19-/m0/s1. The van der Waals surface area contributed by atoms with E-state index in [1.54, 1.807) is 5.57 Å². The van der Waals surface area contributed by atoms with E-state index in [4.69, 9.17) is 4.43 Å². The molecule has 0 aliphatic carbocycles. The molecule has 0 aromatic carbocycles. The highest BCUT2D eigenvalue weighted by Gasteiger charge is 2.37. The van der Waals surface area contributed by atoms with E-state index in [2.05, 4.69) is 38.7 Å². The Balaban J connectivity index is 2.16. The Morgan fingerprint density at radius 2 is 1.86 bits per heavy atom. The van der Waals surface area contributed by atoms with Gasteiger partial charge in [0.2, 0.25) is 0 Å². The molecule has 3 heteroatoms. The average Bonchev–Trinajstić information content (AvgIpc) is 2.93. The van der Waals surface area contributed by atoms with Crippen LogP contribution in [0, 0.1) is 0 Å². The van der Waals surface area contributed by atoms with Gasteiger partial charge in [-0.15, -0.1) is 0 Å². The predicted molar refractivity (Wildman–Crippen MR) is 98.9 cm³/mol. The molecule has 2 fully saturated rings. The minimum Gasteiger partial charge on any atom is -0.410 e. The second-order valence-corrected chi connectivity index (χ2v) is 12.0. The first-order valence-electron chi connectivity index (χ1n) is 9.78. The Morgan fingerprint density at radius 3 is 2.50 bits per heavy atom. The van der Waals surface area contributed by atoms with Gasteiger partial charge in [0.25, 0.3) is 0 Å². The molecule has 0 aromatic rings. The summed E-state index contributed by atoms with van der Waals surface area (Å²) in [7, 11) is -1.51. The molecule has 0 aromatic heterocycles. The van der Waals surface area contributed by atoms with Crippen molar-refractivity contribution in [1.82, 2.24) is 4.90 Å². The van der Waals surface area contributed by atoms with Crippen molar-refractivity contribution in [2.24, 2.45) is 0 Å². The lowest BCUT2D eigenvalue weighted by molar-refractivity contribution is 0.175. The topological polar surface area (TPSA) is 12.5 Å². The molecule has 128 valence electrons. The molecule has 2 heterocycles. The Morgan fingerprint density at radius 1 is 1.14 bits per heavy atom. The van der Waals surface area contributed by atoms with Crippen LogP contribution in [0.5, 0.6) is 0 Å². The van der Waals surface area contributed by atoms with Crippen molar-refractivity contribution in [3.05, 3.63) is 11.6 Å². The van der Waals surface area contributed by atoms with Crippen LogP contribution in [0.1, 0.15) is 66.2 Å². The van der Waals surface area contributed by atoms with Crippen LogP contribution in [0.25, 0.3) is 0 Å². The Kier molecular flexibility index (Phi) is 7.16. The molecule has 2 aliphatic rings. The summed E-state index contributed by atoms with van der Waals surface area (Å²) in [5.41, 5.74) is 1.63. The summed E-state index contributed by atoms with van der Waals surface area (Å²) in [5.74, 6) is 0. The summed E-state index contributed by atoms with van der Waals surface area (Å²) in [6, 6.07) is 4.60. The van der Waals surface area contributed by atoms with Gasteiger partial charge in [-0.05, 0) is 62.4 Å². The van der Waals surface area contributed by atoms with E-state index in [-0.39, 0.29) is 0 Å². The average molecular weight is 324 g/mol. The van der Waals surface area contributed by atoms with E-state index in [9.17, 15) is 0 Å². The quantitative estimate of drug-likeness (QED) is 0.462. The molecule has 2 aliphatic heterocycles. The number of fused-ring (bicyclic) bond motifs is 1. The number of rotatable bonds is 7. The van der Waals surface area contributed by atoms with Crippen LogP contribution in [0.2, 0.25) is 18.1 Å². The lowest BCUT2D eigenvalue weighted by atomic mass is 9.99. The fourth-order valence-electron chi connectivity index (χ4n) is 4.28. The normalized spacial score (nSPS) is 28.8. The van der Waals surface area contributed by atoms with Crippen molar-refractivity contribution >= 4 is 8.32 Å². The number of nitrogens with zero attached hydrogens (tertiary/aromatic N) is 1. The van der Waals surface area contributed by atoms with Gasteiger partial charge < -0.3 is 4.43 Å². The van der Waals surface area contributed by atoms with Gasteiger partial charge in [0.15, 0.2) is 8.32 Å². The van der Waals surface area contributed by atoms with E-state index in [0.29, 0.717) is 6.10 Å². The molecule has 2 atom stereocenters. The van der Waals surface area contributed by atoms with Crippen molar-refractivity contribution in [1.29, 1.82) is 0 Å². The first-order chi connectivity index (χ1) is 10.7. The lowest BCUT2D eigenvalue weighted by Crippen LogP contribution is -2.41. The monoisotopic (exact) mass is 323 g/mol. The van der Waals surface area contributed by atoms with Crippen molar-refractivity contribution in [3.63, 3.8) is 0 Å². The number of allylic oxidation sites excluding steroid dienone is 1. The summed E-state index contributed by atoms with van der Waals surface area (Å²) in [6.45, 7) is 11.9. The first kappa shape index (κ1) is 18.2. The number of hydrogen-bond acceptors (Lipinski definition) is 2. The Hall–Kier alpha value is -0.123. The van der Waals surface area contributed by atoms with E-state index in [1.165, 1.54) is 69.7 Å². The minimum absolute atomic E-state index is 0.422. The van der Waals surface area contributed by atoms with Crippen LogP contribution < -0.4 is 0 Å². The predicted octanol–water partition coefficient (Wildman–Crippen LogP) is 5.36. The molecule has 2 nitrogen and oxygen atoms in total. The molecule has 2 rings (SSSR count). The molecular formula is C19H37NOSi. The van der Waals surface area contributed by atoms with E-state index in [0.717, 1.165) is 6.04 Å². The fraction of sp³-hybridized carbons (Fsp3) is 0.895. The van der Waals surface area contributed by atoms with Gasteiger partial charge in [-0.2, -0.15) is 0 Å². The summed E-state index contributed by atoms with van der Waals surface area (Å²) >= 11 is 0. The maximum atomic E-state index is 6.97. The molecule has 0 saturated carbocycles. The van der Waals surface area contributed by atoms with Gasteiger partial charge in [-0.1, -0.05) is 40.2 Å². The minimum atomic E-state index is -1.51. The zero-order chi connectivity index (χ0) is 16.0. The molecule has 0 spiro atoms. The van der Waals surface area contributed by atoms with Crippen LogP contribution in [0.3, 0.4) is 0 Å². The van der Waals surface area contributed by atoms with Crippen LogP contribution in [-0.2, 0) is 4.43 Å². The smallest absolute Gasteiger partial charge is 0.192 e. The van der Waals surface area contributed by atoms with Crippen molar-refractivity contribution in [2.75, 3.05) is 13.1 Å². The zero-order valence-electron chi connectivity index (χ0n) is 15.4. The van der Waals surface area contributed by atoms with Crippen molar-refractivity contribution in [3.8, 4) is 0 Å². The van der Waals surface area contributed by atoms with Crippen LogP contribution in [0.15, 0.2) is 11.6 Å². The third-order valence-electron chi connectivity index (χ3n) is 6.11. The maximum absolute atomic E-state index is 6.97. The summed E-state index contributed by atoms with van der Waals surface area (Å²) < 4.78 is 6.97. The van der Waals surface area contributed by atoms with E-state index < -0.39 is 8.32 Å². The molecule has 0 N–H and O–H groups in total. The van der Waals surface area contributed by atoms with Gasteiger partial charge in [0.05, 0.1) is 6.10 Å². The van der Waals surface area contributed by atoms with Gasteiger partial charge >= 0.3 is 0 Å². The molecule has 0 unspecified atom stereocenters. The first-order valence-corrected chi connectivity index (χ1v) is 12.3. The van der Waals surface area contributed by atoms with E-state index >= 15 is 0 Å². The highest BCUT2D eigenvalue weighted by Crippen LogP contribution is 2.34. The molecular weight excluding hydrogens is 286 g/mol. The van der Waals surface area contributed by atoms with Crippen molar-refractivity contribution in [2.45, 2.75) is 96.5 Å². The molecule has 2 saturated heterocycles. The Labute approximate surface area is 139 Å². The third kappa shape index (κ3) is 4.24. The molecule has 22 heavy (non-hydrogen) atoms. The van der Waals surface area contributed by atoms with Crippen LogP contribution in [0.4, 0.5) is 0 Å². The highest BCUT2D eigenvalue weighted by molar-refractivity contribution is 6.73. The fourth-order valence-corrected chi connectivity index (χ4v) is 7.13. The molecule has 0 bridgehead atoms. The van der Waals surface area contributed by atoms with Gasteiger partial charge in [-0.3, -0.25) is 4.90 Å². The van der Waals surface area contributed by atoms with Crippen molar-refractivity contribution < 1.29 is 4.43 Å². The van der Waals surface area contributed by atoms with Gasteiger partial charge in [0.1, 0.15) is 0 Å². The van der Waals surface area contributed by atoms with Crippen LogP contribution >= 0.6 is 0 Å². The number of unbranched alkanes of at least 4 members (excludes halogenated alkanes) is 1. The van der Waals surface area contributed by atoms with Gasteiger partial charge in [-0.25, -0.2) is 0 Å². The maximum Gasteiger partial charge on any atom is 0.192 e. The summed E-state index contributed by atoms with van der Waals surface area (Å²) in [5, 5.41) is 0. The summed E-state index contributed by atoms with van der Waals surface area (Å²) in [6.07, 6.45) is 10.7. The Bertz CT molecular complexity index is 356. The van der Waals surface area contributed by atoms with Gasteiger partial charge in [0, 0.05) is 12.6 Å². The van der Waals surface area contributed by atoms with Crippen LogP contribution in [-0.4, -0.2) is 38.5 Å². The second-order valence-electron chi connectivity index (χ2n) is 7.24.